The summed E-state index contributed by atoms with van der Waals surface area (Å²) in [4.78, 5) is 15.2. The zero-order chi connectivity index (χ0) is 20.0. The minimum absolute atomic E-state index is 0.0136. The predicted molar refractivity (Wildman–Crippen MR) is 95.6 cm³/mol. The number of nitrogens with zero attached hydrogens (tertiary/aromatic N) is 2. The Bertz CT molecular complexity index is 1020. The lowest BCUT2D eigenvalue weighted by atomic mass is 10.2. The number of fused-ring (bicyclic) bond motifs is 1. The maximum atomic E-state index is 14.1. The first-order valence-corrected chi connectivity index (χ1v) is 8.80. The van der Waals surface area contributed by atoms with Gasteiger partial charge in [-0.1, -0.05) is 29.8 Å². The van der Waals surface area contributed by atoms with E-state index in [1.165, 1.54) is 4.90 Å². The molecule has 28 heavy (non-hydrogen) atoms. The third kappa shape index (κ3) is 2.97. The predicted octanol–water partition coefficient (Wildman–Crippen LogP) is 4.61. The number of carbonyl (C=O) groups excluding carboxylic acids is 1. The van der Waals surface area contributed by atoms with E-state index >= 15 is 0 Å². The Morgan fingerprint density at radius 1 is 0.929 bits per heavy atom. The van der Waals surface area contributed by atoms with Crippen LogP contribution in [0, 0.1) is 23.3 Å². The molecule has 1 saturated heterocycles. The van der Waals surface area contributed by atoms with Crippen molar-refractivity contribution >= 4 is 34.2 Å². The van der Waals surface area contributed by atoms with Gasteiger partial charge in [-0.25, -0.2) is 17.6 Å². The average molecular weight is 413 g/mol. The van der Waals surface area contributed by atoms with Crippen molar-refractivity contribution in [3.8, 4) is 0 Å². The maximum absolute atomic E-state index is 14.1. The molecule has 1 amide bonds. The number of halogens is 5. The van der Waals surface area contributed by atoms with Gasteiger partial charge in [-0.15, -0.1) is 0 Å². The molecule has 4 nitrogen and oxygen atoms in total. The standard InChI is InChI=1S/C19H13ClF4N2O2/c20-13-14(21)16(23)18(17(24)15(13)22)25-5-7-26(8-6-25)19(27)12-9-10-3-1-2-4-11(10)28-12/h1-4,9H,5-8H2. The first-order valence-electron chi connectivity index (χ1n) is 8.42. The number of piperazine rings is 1. The summed E-state index contributed by atoms with van der Waals surface area (Å²) < 4.78 is 61.2. The third-order valence-electron chi connectivity index (χ3n) is 4.71. The van der Waals surface area contributed by atoms with Crippen LogP contribution in [0.5, 0.6) is 0 Å². The van der Waals surface area contributed by atoms with Crippen molar-refractivity contribution in [1.82, 2.24) is 4.90 Å². The molecule has 0 spiro atoms. The largest absolute Gasteiger partial charge is 0.451 e. The number of hydrogen-bond acceptors (Lipinski definition) is 3. The van der Waals surface area contributed by atoms with E-state index in [0.717, 1.165) is 10.3 Å². The van der Waals surface area contributed by atoms with Crippen LogP contribution < -0.4 is 4.90 Å². The lowest BCUT2D eigenvalue weighted by Gasteiger charge is -2.36. The van der Waals surface area contributed by atoms with E-state index in [2.05, 4.69) is 0 Å². The number of rotatable bonds is 2. The van der Waals surface area contributed by atoms with Gasteiger partial charge in [-0.3, -0.25) is 4.79 Å². The second-order valence-electron chi connectivity index (χ2n) is 6.35. The summed E-state index contributed by atoms with van der Waals surface area (Å²) in [6.07, 6.45) is 0. The molecule has 9 heteroatoms. The number of anilines is 1. The monoisotopic (exact) mass is 412 g/mol. The molecular weight excluding hydrogens is 400 g/mol. The summed E-state index contributed by atoms with van der Waals surface area (Å²) in [5.41, 5.74) is -0.254. The molecule has 0 unspecified atom stereocenters. The highest BCUT2D eigenvalue weighted by Crippen LogP contribution is 2.34. The number of hydrogen-bond donors (Lipinski definition) is 0. The summed E-state index contributed by atoms with van der Waals surface area (Å²) in [5.74, 6) is -6.62. The van der Waals surface area contributed by atoms with E-state index in [0.29, 0.717) is 5.58 Å². The van der Waals surface area contributed by atoms with E-state index in [1.807, 2.05) is 12.1 Å². The van der Waals surface area contributed by atoms with Crippen LogP contribution in [0.4, 0.5) is 23.2 Å². The summed E-state index contributed by atoms with van der Waals surface area (Å²) in [5, 5.41) is -0.446. The Morgan fingerprint density at radius 3 is 2.14 bits per heavy atom. The van der Waals surface area contributed by atoms with Gasteiger partial charge in [0.15, 0.2) is 29.0 Å². The lowest BCUT2D eigenvalue weighted by molar-refractivity contribution is 0.0716. The quantitative estimate of drug-likeness (QED) is 0.350. The van der Waals surface area contributed by atoms with Crippen LogP contribution in [0.25, 0.3) is 11.0 Å². The smallest absolute Gasteiger partial charge is 0.289 e. The van der Waals surface area contributed by atoms with Crippen LogP contribution in [0.2, 0.25) is 5.02 Å². The fraction of sp³-hybridized carbons (Fsp3) is 0.211. The fourth-order valence-electron chi connectivity index (χ4n) is 3.25. The van der Waals surface area contributed by atoms with Gasteiger partial charge in [0, 0.05) is 31.6 Å². The number of amides is 1. The van der Waals surface area contributed by atoms with Crippen molar-refractivity contribution < 1.29 is 26.8 Å². The van der Waals surface area contributed by atoms with Gasteiger partial charge in [-0.2, -0.15) is 0 Å². The van der Waals surface area contributed by atoms with Crippen LogP contribution in [0.15, 0.2) is 34.7 Å². The molecule has 0 N–H and O–H groups in total. The Hall–Kier alpha value is -2.74. The summed E-state index contributed by atoms with van der Waals surface area (Å²) in [6.45, 7) is 0.169. The second kappa shape index (κ2) is 7.01. The van der Waals surface area contributed by atoms with E-state index in [-0.39, 0.29) is 37.8 Å². The van der Waals surface area contributed by atoms with Gasteiger partial charge in [0.25, 0.3) is 5.91 Å². The molecule has 0 radical (unpaired) electrons. The van der Waals surface area contributed by atoms with Gasteiger partial charge >= 0.3 is 0 Å². The molecule has 1 aromatic heterocycles. The van der Waals surface area contributed by atoms with E-state index in [4.69, 9.17) is 16.0 Å². The molecule has 146 valence electrons. The SMILES string of the molecule is O=C(c1cc2ccccc2o1)N1CCN(c2c(F)c(F)c(Cl)c(F)c2F)CC1. The van der Waals surface area contributed by atoms with Crippen LogP contribution in [0.3, 0.4) is 0 Å². The first-order chi connectivity index (χ1) is 13.4. The molecule has 0 aliphatic carbocycles. The Morgan fingerprint density at radius 2 is 1.54 bits per heavy atom. The minimum Gasteiger partial charge on any atom is -0.451 e. The number of furan rings is 1. The van der Waals surface area contributed by atoms with E-state index in [1.54, 1.807) is 18.2 Å². The van der Waals surface area contributed by atoms with Gasteiger partial charge in [-0.05, 0) is 12.1 Å². The van der Waals surface area contributed by atoms with Crippen molar-refractivity contribution in [1.29, 1.82) is 0 Å². The highest BCUT2D eigenvalue weighted by atomic mass is 35.5. The van der Waals surface area contributed by atoms with Gasteiger partial charge in [0.2, 0.25) is 0 Å². The van der Waals surface area contributed by atoms with Crippen LogP contribution >= 0.6 is 11.6 Å². The third-order valence-corrected chi connectivity index (χ3v) is 5.04. The number of para-hydroxylation sites is 1. The Kier molecular flexibility index (Phi) is 4.66. The molecule has 1 aliphatic rings. The number of benzene rings is 2. The molecule has 4 rings (SSSR count). The second-order valence-corrected chi connectivity index (χ2v) is 6.72. The zero-order valence-corrected chi connectivity index (χ0v) is 15.1. The molecule has 0 bridgehead atoms. The van der Waals surface area contributed by atoms with Crippen molar-refractivity contribution in [3.05, 3.63) is 64.4 Å². The van der Waals surface area contributed by atoms with Crippen LogP contribution in [-0.2, 0) is 0 Å². The average Bonchev–Trinajstić information content (AvgIpc) is 3.15. The number of carbonyl (C=O) groups is 1. The topological polar surface area (TPSA) is 36.7 Å². The fourth-order valence-corrected chi connectivity index (χ4v) is 3.41. The van der Waals surface area contributed by atoms with Crippen molar-refractivity contribution in [2.24, 2.45) is 0 Å². The highest BCUT2D eigenvalue weighted by Gasteiger charge is 2.31. The molecule has 1 fully saturated rings. The molecule has 2 heterocycles. The molecule has 1 aliphatic heterocycles. The van der Waals surface area contributed by atoms with E-state index in [9.17, 15) is 22.4 Å². The molecular formula is C19H13ClF4N2O2. The maximum Gasteiger partial charge on any atom is 0.289 e. The van der Waals surface area contributed by atoms with Gasteiger partial charge in [0.05, 0.1) is 0 Å². The van der Waals surface area contributed by atoms with Crippen molar-refractivity contribution in [2.45, 2.75) is 0 Å². The van der Waals surface area contributed by atoms with Crippen LogP contribution in [-0.4, -0.2) is 37.0 Å². The van der Waals surface area contributed by atoms with Gasteiger partial charge < -0.3 is 14.2 Å². The first kappa shape index (κ1) is 18.6. The van der Waals surface area contributed by atoms with Crippen LogP contribution in [0.1, 0.15) is 10.6 Å². The van der Waals surface area contributed by atoms with Crippen molar-refractivity contribution in [3.63, 3.8) is 0 Å². The highest BCUT2D eigenvalue weighted by molar-refractivity contribution is 6.31. The minimum atomic E-state index is -1.64. The normalized spacial score (nSPS) is 14.8. The molecule has 2 aromatic carbocycles. The summed E-state index contributed by atoms with van der Waals surface area (Å²) in [6, 6.07) is 8.76. The molecule has 3 aromatic rings. The Balaban J connectivity index is 1.53. The van der Waals surface area contributed by atoms with Crippen molar-refractivity contribution in [2.75, 3.05) is 31.1 Å². The Labute approximate surface area is 161 Å². The summed E-state index contributed by atoms with van der Waals surface area (Å²) in [7, 11) is 0. The molecule has 0 saturated carbocycles. The van der Waals surface area contributed by atoms with E-state index < -0.39 is 34.0 Å². The summed E-state index contributed by atoms with van der Waals surface area (Å²) >= 11 is 5.25. The molecule has 0 atom stereocenters. The lowest BCUT2D eigenvalue weighted by Crippen LogP contribution is -2.49. The zero-order valence-electron chi connectivity index (χ0n) is 14.3. The van der Waals surface area contributed by atoms with Gasteiger partial charge in [0.1, 0.15) is 16.3 Å².